The fourth-order valence-electron chi connectivity index (χ4n) is 0.246. The molecule has 0 fully saturated rings. The summed E-state index contributed by atoms with van der Waals surface area (Å²) in [5.41, 5.74) is 0. The number of rotatable bonds is 1. The first kappa shape index (κ1) is 8.85. The number of quaternary nitrogens is 1. The van der Waals surface area contributed by atoms with E-state index in [1.54, 1.807) is 0 Å². The van der Waals surface area contributed by atoms with Crippen molar-refractivity contribution in [2.75, 3.05) is 0 Å². The maximum atomic E-state index is 9.69. The molecule has 0 saturated carbocycles. The molecule has 1 N–H and O–H groups in total. The average Bonchev–Trinajstić information content (AvgIpc) is 2.14. The maximum absolute atomic E-state index is 9.69. The van der Waals surface area contributed by atoms with Gasteiger partial charge in [-0.2, -0.15) is 0 Å². The third-order valence-electron chi connectivity index (χ3n) is 0.543. The minimum atomic E-state index is 0. The first-order valence-corrected chi connectivity index (χ1v) is 2.77. The smallest absolute Gasteiger partial charge is 0.340 e. The van der Waals surface area contributed by atoms with Crippen LogP contribution in [0.4, 0.5) is 0 Å². The zero-order valence-electron chi connectivity index (χ0n) is 3.95. The third-order valence-corrected chi connectivity index (χ3v) is 1.24. The van der Waals surface area contributed by atoms with Crippen LogP contribution in [0.15, 0.2) is 20.8 Å². The highest BCUT2D eigenvalue weighted by atomic mass is 127. The molecule has 0 spiro atoms. The third kappa shape index (κ3) is 1.91. The number of amidine groups is 1. The van der Waals surface area contributed by atoms with E-state index in [9.17, 15) is 4.91 Å². The summed E-state index contributed by atoms with van der Waals surface area (Å²) < 4.78 is 0.442. The molecule has 1 aliphatic heterocycles. The summed E-state index contributed by atoms with van der Waals surface area (Å²) in [4.78, 5) is 9.69. The molecule has 0 aromatic carbocycles. The van der Waals surface area contributed by atoms with Crippen molar-refractivity contribution in [2.24, 2.45) is 20.8 Å². The van der Waals surface area contributed by atoms with Gasteiger partial charge < -0.3 is 12.4 Å². The minimum Gasteiger partial charge on any atom is -1.00 e. The van der Waals surface area contributed by atoms with Gasteiger partial charge in [-0.05, 0) is 0 Å². The molecule has 0 aromatic rings. The van der Waals surface area contributed by atoms with Crippen molar-refractivity contribution in [3.63, 3.8) is 0 Å². The van der Waals surface area contributed by atoms with Crippen molar-refractivity contribution >= 4 is 26.4 Å². The normalized spacial score (nSPS) is 22.8. The van der Waals surface area contributed by atoms with Crippen molar-refractivity contribution in [3.8, 4) is 0 Å². The molecule has 1 rings (SSSR count). The van der Waals surface area contributed by atoms with Gasteiger partial charge in [0.2, 0.25) is 0 Å². The second-order valence-corrected chi connectivity index (χ2v) is 2.02. The monoisotopic (exact) mass is 261 g/mol. The van der Waals surface area contributed by atoms with Crippen LogP contribution in [0.1, 0.15) is 0 Å². The van der Waals surface area contributed by atoms with E-state index in [-0.39, 0.29) is 17.5 Å². The van der Waals surface area contributed by atoms with Crippen molar-refractivity contribution in [2.45, 2.75) is 0 Å². The Balaban J connectivity index is 0.000000640. The van der Waals surface area contributed by atoms with Crippen LogP contribution in [-0.4, -0.2) is 3.84 Å². The predicted octanol–water partition coefficient (Wildman–Crippen LogP) is -3.36. The summed E-state index contributed by atoms with van der Waals surface area (Å²) in [7, 11) is 0. The Kier molecular flexibility index (Phi) is 3.73. The zero-order chi connectivity index (χ0) is 5.98. The molecule has 1 unspecified atom stereocenters. The molecule has 1 heterocycles. The van der Waals surface area contributed by atoms with Crippen molar-refractivity contribution < 1.29 is 17.5 Å². The Morgan fingerprint density at radius 3 is 2.56 bits per heavy atom. The molecule has 0 bridgehead atoms. The fraction of sp³-hybridized carbons (Fsp3) is 0. The molecule has 1 aliphatic rings. The van der Waals surface area contributed by atoms with Gasteiger partial charge in [0.1, 0.15) is 0 Å². The minimum absolute atomic E-state index is 0. The van der Waals surface area contributed by atoms with Crippen molar-refractivity contribution in [1.29, 1.82) is 0 Å². The quantitative estimate of drug-likeness (QED) is 0.299. The van der Waals surface area contributed by atoms with Gasteiger partial charge in [-0.1, -0.05) is 10.0 Å². The van der Waals surface area contributed by atoms with Crippen LogP contribution < -0.4 is 17.5 Å². The lowest BCUT2D eigenvalue weighted by Crippen LogP contribution is -3.02. The van der Waals surface area contributed by atoms with Crippen molar-refractivity contribution in [3.05, 3.63) is 4.91 Å². The average molecular weight is 261 g/mol. The van der Waals surface area contributed by atoms with Crippen LogP contribution in [-0.2, 0) is 0 Å². The van der Waals surface area contributed by atoms with Crippen LogP contribution in [0.25, 0.3) is 0 Å². The van der Waals surface area contributed by atoms with Gasteiger partial charge in [0.15, 0.2) is 5.29 Å². The predicted molar refractivity (Wildman–Crippen MR) is 33.1 cm³/mol. The first-order valence-electron chi connectivity index (χ1n) is 1.69. The van der Waals surface area contributed by atoms with E-state index >= 15 is 0 Å². The van der Waals surface area contributed by atoms with Gasteiger partial charge in [-0.25, -0.2) is 0 Å². The van der Waals surface area contributed by atoms with Crippen LogP contribution in [0.3, 0.4) is 0 Å². The molecule has 8 heteroatoms. The number of nitrogens with zero attached hydrogens (tertiary/aromatic N) is 4. The van der Waals surface area contributed by atoms with Crippen LogP contribution >= 0.6 is 22.6 Å². The Labute approximate surface area is 69.9 Å². The van der Waals surface area contributed by atoms with E-state index in [4.69, 9.17) is 0 Å². The zero-order valence-corrected chi connectivity index (χ0v) is 6.87. The molecule has 6 nitrogen and oxygen atoms in total. The molecule has 1 atom stereocenters. The molecule has 0 amide bonds. The summed E-state index contributed by atoms with van der Waals surface area (Å²) in [6, 6.07) is 0. The van der Waals surface area contributed by atoms with Gasteiger partial charge in [0.25, 0.3) is 0 Å². The van der Waals surface area contributed by atoms with E-state index in [0.717, 1.165) is 0 Å². The molecular formula is CHClIN5O. The Morgan fingerprint density at radius 1 is 1.67 bits per heavy atom. The Bertz CT molecular complexity index is 166. The van der Waals surface area contributed by atoms with Crippen LogP contribution in [0.2, 0.25) is 0 Å². The second kappa shape index (κ2) is 3.80. The number of hydrogen-bond donors (Lipinski definition) is 1. The molecule has 0 aromatic heterocycles. The number of halogens is 2. The van der Waals surface area contributed by atoms with Gasteiger partial charge in [0.05, 0.1) is 27.8 Å². The Morgan fingerprint density at radius 2 is 2.33 bits per heavy atom. The summed E-state index contributed by atoms with van der Waals surface area (Å²) in [5.74, 6) is 0. The summed E-state index contributed by atoms with van der Waals surface area (Å²) in [6.07, 6.45) is 0. The lowest BCUT2D eigenvalue weighted by molar-refractivity contribution is -0.817. The van der Waals surface area contributed by atoms with Gasteiger partial charge >= 0.3 is 3.84 Å². The largest absolute Gasteiger partial charge is 1.00 e. The molecule has 9 heavy (non-hydrogen) atoms. The van der Waals surface area contributed by atoms with Gasteiger partial charge in [-0.3, -0.25) is 0 Å². The number of hydrogen-bond acceptors (Lipinski definition) is 5. The van der Waals surface area contributed by atoms with E-state index in [1.165, 1.54) is 0 Å². The SMILES string of the molecule is O=N[NH+]1N=NN=C1I.[Cl-]. The molecule has 0 radical (unpaired) electrons. The topological polar surface area (TPSA) is 70.9 Å². The standard InChI is InChI=1S/CIN5O.ClH/c2-1-3-4-5-7(1)6-8;/h;1H. The highest BCUT2D eigenvalue weighted by molar-refractivity contribution is 14.1. The highest BCUT2D eigenvalue weighted by Crippen LogP contribution is 1.88. The molecular weight excluding hydrogens is 260 g/mol. The van der Waals surface area contributed by atoms with Gasteiger partial charge in [-0.15, -0.1) is 0 Å². The fourth-order valence-corrected chi connectivity index (χ4v) is 0.549. The Hall–Kier alpha value is -0.150. The van der Waals surface area contributed by atoms with E-state index < -0.39 is 0 Å². The van der Waals surface area contributed by atoms with E-state index in [0.29, 0.717) is 3.84 Å². The lowest BCUT2D eigenvalue weighted by Gasteiger charge is -1.82. The maximum Gasteiger partial charge on any atom is 0.340 e. The highest BCUT2D eigenvalue weighted by Gasteiger charge is 2.19. The van der Waals surface area contributed by atoms with Crippen LogP contribution in [0, 0.1) is 4.91 Å². The van der Waals surface area contributed by atoms with E-state index in [1.807, 2.05) is 22.6 Å². The lowest BCUT2D eigenvalue weighted by atomic mass is 11.3. The number of nitroso groups, excluding NO2 is 1. The van der Waals surface area contributed by atoms with Crippen molar-refractivity contribution in [1.82, 2.24) is 0 Å². The van der Waals surface area contributed by atoms with Crippen LogP contribution in [0.5, 0.6) is 0 Å². The summed E-state index contributed by atoms with van der Waals surface area (Å²) in [5, 5.41) is 12.5. The summed E-state index contributed by atoms with van der Waals surface area (Å²) in [6.45, 7) is 0. The van der Waals surface area contributed by atoms with Gasteiger partial charge in [0, 0.05) is 10.3 Å². The summed E-state index contributed by atoms with van der Waals surface area (Å²) >= 11 is 1.83. The van der Waals surface area contributed by atoms with E-state index in [2.05, 4.69) is 20.8 Å². The molecule has 0 aliphatic carbocycles. The second-order valence-electron chi connectivity index (χ2n) is 0.995. The molecule has 0 saturated heterocycles. The first-order chi connectivity index (χ1) is 3.84. The number of nitrogens with one attached hydrogen (secondary N) is 1. The molecule has 50 valence electrons.